The number of amides is 1. The van der Waals surface area contributed by atoms with Crippen LogP contribution in [0.2, 0.25) is 5.02 Å². The van der Waals surface area contributed by atoms with E-state index in [0.717, 1.165) is 0 Å². The number of benzene rings is 1. The van der Waals surface area contributed by atoms with Gasteiger partial charge in [0.1, 0.15) is 0 Å². The molecule has 0 aliphatic rings. The van der Waals surface area contributed by atoms with Crippen LogP contribution in [-0.2, 0) is 5.88 Å². The molecule has 100 valence electrons. The first-order chi connectivity index (χ1) is 9.02. The van der Waals surface area contributed by atoms with Crippen molar-refractivity contribution in [3.63, 3.8) is 0 Å². The van der Waals surface area contributed by atoms with Gasteiger partial charge in [0.25, 0.3) is 0 Å². The number of hydrogen-bond donors (Lipinski definition) is 1. The largest absolute Gasteiger partial charge is 0.314 e. The van der Waals surface area contributed by atoms with E-state index < -0.39 is 5.91 Å². The van der Waals surface area contributed by atoms with Gasteiger partial charge in [-0.2, -0.15) is 0 Å². The van der Waals surface area contributed by atoms with Gasteiger partial charge in [-0.1, -0.05) is 17.7 Å². The molecule has 0 saturated carbocycles. The predicted molar refractivity (Wildman–Crippen MR) is 69.8 cm³/mol. The first-order valence-electron chi connectivity index (χ1n) is 5.27. The van der Waals surface area contributed by atoms with Crippen LogP contribution in [0.4, 0.5) is 0 Å². The van der Waals surface area contributed by atoms with Crippen molar-refractivity contribution in [2.45, 2.75) is 5.88 Å². The molecular weight excluding hydrogens is 291 g/mol. The van der Waals surface area contributed by atoms with Crippen LogP contribution in [0.15, 0.2) is 24.3 Å². The molecule has 8 heteroatoms. The highest BCUT2D eigenvalue weighted by atomic mass is 35.5. The lowest BCUT2D eigenvalue weighted by atomic mass is 10.3. The Morgan fingerprint density at radius 1 is 1.53 bits per heavy atom. The topological polar surface area (TPSA) is 71.2 Å². The normalized spacial score (nSPS) is 10.5. The van der Waals surface area contributed by atoms with Gasteiger partial charge in [-0.25, -0.2) is 14.7 Å². The molecule has 1 amide bonds. The van der Waals surface area contributed by atoms with Gasteiger partial charge in [-0.15, -0.1) is 16.7 Å². The number of nitrogens with zero attached hydrogens (tertiary/aromatic N) is 4. The number of rotatable bonds is 3. The van der Waals surface area contributed by atoms with Crippen molar-refractivity contribution in [2.24, 2.45) is 0 Å². The number of hydrogen-bond acceptors (Lipinski definition) is 4. The van der Waals surface area contributed by atoms with Gasteiger partial charge < -0.3 is 0 Å². The highest BCUT2D eigenvalue weighted by molar-refractivity contribution is 6.30. The zero-order chi connectivity index (χ0) is 14.0. The van der Waals surface area contributed by atoms with E-state index in [1.807, 2.05) is 0 Å². The van der Waals surface area contributed by atoms with Gasteiger partial charge in [-0.05, 0) is 18.2 Å². The van der Waals surface area contributed by atoms with E-state index in [-0.39, 0.29) is 17.5 Å². The summed E-state index contributed by atoms with van der Waals surface area (Å²) in [6.45, 7) is 0. The Bertz CT molecular complexity index is 612. The van der Waals surface area contributed by atoms with E-state index >= 15 is 0 Å². The third-order valence-corrected chi connectivity index (χ3v) is 2.78. The maximum absolute atomic E-state index is 11.8. The molecule has 2 rings (SSSR count). The number of carbonyl (C=O) groups excluding carboxylic acids is 1. The Hall–Kier alpha value is -1.63. The Labute approximate surface area is 119 Å². The standard InChI is InChI=1S/C11H10Cl2N4O2/c1-16(19)11(18)10-14-9(6-12)15-17(10)8-4-2-3-7(13)5-8/h2-5,19H,6H2,1H3. The summed E-state index contributed by atoms with van der Waals surface area (Å²) >= 11 is 11.6. The van der Waals surface area contributed by atoms with Crippen LogP contribution in [0, 0.1) is 0 Å². The first kappa shape index (κ1) is 13.8. The van der Waals surface area contributed by atoms with E-state index in [1.165, 1.54) is 11.7 Å². The lowest BCUT2D eigenvalue weighted by Gasteiger charge is -2.09. The molecule has 1 aromatic carbocycles. The average molecular weight is 301 g/mol. The number of carbonyl (C=O) groups is 1. The monoisotopic (exact) mass is 300 g/mol. The summed E-state index contributed by atoms with van der Waals surface area (Å²) in [5, 5.41) is 14.3. The maximum atomic E-state index is 11.8. The minimum atomic E-state index is -0.691. The summed E-state index contributed by atoms with van der Waals surface area (Å²) in [7, 11) is 1.21. The minimum Gasteiger partial charge on any atom is -0.286 e. The zero-order valence-corrected chi connectivity index (χ0v) is 11.4. The van der Waals surface area contributed by atoms with Crippen LogP contribution in [0.25, 0.3) is 5.69 Å². The van der Waals surface area contributed by atoms with Gasteiger partial charge in [0.15, 0.2) is 5.82 Å². The lowest BCUT2D eigenvalue weighted by Crippen LogP contribution is -2.26. The van der Waals surface area contributed by atoms with Crippen LogP contribution in [0.3, 0.4) is 0 Å². The number of hydroxylamine groups is 2. The Morgan fingerprint density at radius 3 is 2.84 bits per heavy atom. The SMILES string of the molecule is CN(O)C(=O)c1nc(CCl)nn1-c1cccc(Cl)c1. The van der Waals surface area contributed by atoms with Crippen LogP contribution < -0.4 is 0 Å². The van der Waals surface area contributed by atoms with E-state index in [0.29, 0.717) is 15.8 Å². The van der Waals surface area contributed by atoms with E-state index in [2.05, 4.69) is 10.1 Å². The van der Waals surface area contributed by atoms with Crippen molar-refractivity contribution < 1.29 is 10.0 Å². The van der Waals surface area contributed by atoms with Gasteiger partial charge in [0, 0.05) is 12.1 Å². The Kier molecular flexibility index (Phi) is 4.04. The smallest absolute Gasteiger partial charge is 0.286 e. The summed E-state index contributed by atoms with van der Waals surface area (Å²) < 4.78 is 1.29. The number of alkyl halides is 1. The van der Waals surface area contributed by atoms with Crippen molar-refractivity contribution in [3.8, 4) is 5.69 Å². The molecule has 19 heavy (non-hydrogen) atoms. The average Bonchev–Trinajstić information content (AvgIpc) is 2.81. The maximum Gasteiger partial charge on any atom is 0.314 e. The van der Waals surface area contributed by atoms with Gasteiger partial charge in [0.05, 0.1) is 11.6 Å². The Morgan fingerprint density at radius 2 is 2.26 bits per heavy atom. The van der Waals surface area contributed by atoms with Crippen LogP contribution in [-0.4, -0.2) is 38.0 Å². The molecular formula is C11H10Cl2N4O2. The molecule has 0 radical (unpaired) electrons. The fourth-order valence-corrected chi connectivity index (χ4v) is 1.78. The van der Waals surface area contributed by atoms with E-state index in [4.69, 9.17) is 23.2 Å². The van der Waals surface area contributed by atoms with Crippen LogP contribution in [0.5, 0.6) is 0 Å². The lowest BCUT2D eigenvalue weighted by molar-refractivity contribution is -0.0386. The quantitative estimate of drug-likeness (QED) is 0.535. The second kappa shape index (κ2) is 5.56. The van der Waals surface area contributed by atoms with E-state index in [9.17, 15) is 10.0 Å². The van der Waals surface area contributed by atoms with Crippen molar-refractivity contribution in [3.05, 3.63) is 40.9 Å². The molecule has 0 aliphatic carbocycles. The summed E-state index contributed by atoms with van der Waals surface area (Å²) in [6, 6.07) is 6.76. The molecule has 0 atom stereocenters. The third kappa shape index (κ3) is 2.86. The van der Waals surface area contributed by atoms with E-state index in [1.54, 1.807) is 24.3 Å². The van der Waals surface area contributed by atoms with Gasteiger partial charge >= 0.3 is 5.91 Å². The summed E-state index contributed by atoms with van der Waals surface area (Å²) in [5.41, 5.74) is 0.557. The third-order valence-electron chi connectivity index (χ3n) is 2.31. The minimum absolute atomic E-state index is 0.0390. The zero-order valence-electron chi connectivity index (χ0n) is 9.92. The molecule has 1 N–H and O–H groups in total. The fourth-order valence-electron chi connectivity index (χ4n) is 1.48. The van der Waals surface area contributed by atoms with Gasteiger partial charge in [-0.3, -0.25) is 10.0 Å². The highest BCUT2D eigenvalue weighted by Gasteiger charge is 2.21. The Balaban J connectivity index is 2.55. The number of halogens is 2. The summed E-state index contributed by atoms with van der Waals surface area (Å²) in [6.07, 6.45) is 0. The molecule has 0 fully saturated rings. The molecule has 0 saturated heterocycles. The van der Waals surface area contributed by atoms with Crippen molar-refractivity contribution in [2.75, 3.05) is 7.05 Å². The summed E-state index contributed by atoms with van der Waals surface area (Å²) in [5.74, 6) is -0.387. The fraction of sp³-hybridized carbons (Fsp3) is 0.182. The second-order valence-electron chi connectivity index (χ2n) is 3.71. The molecule has 2 aromatic rings. The van der Waals surface area contributed by atoms with Crippen molar-refractivity contribution in [1.82, 2.24) is 19.8 Å². The first-order valence-corrected chi connectivity index (χ1v) is 6.19. The molecule has 1 aromatic heterocycles. The van der Waals surface area contributed by atoms with Crippen molar-refractivity contribution in [1.29, 1.82) is 0 Å². The summed E-state index contributed by atoms with van der Waals surface area (Å²) in [4.78, 5) is 15.8. The van der Waals surface area contributed by atoms with Crippen LogP contribution in [0.1, 0.15) is 16.4 Å². The number of aromatic nitrogens is 3. The molecule has 1 heterocycles. The molecule has 6 nitrogen and oxygen atoms in total. The molecule has 0 spiro atoms. The van der Waals surface area contributed by atoms with Crippen LogP contribution >= 0.6 is 23.2 Å². The predicted octanol–water partition coefficient (Wildman–Crippen LogP) is 2.12. The second-order valence-corrected chi connectivity index (χ2v) is 4.41. The van der Waals surface area contributed by atoms with Gasteiger partial charge in [0.2, 0.25) is 5.82 Å². The molecule has 0 aliphatic heterocycles. The highest BCUT2D eigenvalue weighted by Crippen LogP contribution is 2.16. The van der Waals surface area contributed by atoms with Crippen molar-refractivity contribution >= 4 is 29.1 Å². The molecule has 0 bridgehead atoms. The molecule has 0 unspecified atom stereocenters.